The lowest BCUT2D eigenvalue weighted by Crippen LogP contribution is -2.34. The fourth-order valence-corrected chi connectivity index (χ4v) is 2.22. The van der Waals surface area contributed by atoms with Crippen LogP contribution in [0.25, 0.3) is 0 Å². The first-order chi connectivity index (χ1) is 6.17. The van der Waals surface area contributed by atoms with Gasteiger partial charge >= 0.3 is 14.7 Å². The molecule has 0 saturated carbocycles. The molecule has 0 amide bonds. The predicted molar refractivity (Wildman–Crippen MR) is 53.7 cm³/mol. The first-order valence-corrected chi connectivity index (χ1v) is 6.64. The fourth-order valence-electron chi connectivity index (χ4n) is 0.885. The number of ether oxygens (including phenoxy) is 1. The van der Waals surface area contributed by atoms with Crippen molar-refractivity contribution in [3.05, 3.63) is 0 Å². The van der Waals surface area contributed by atoms with Gasteiger partial charge in [0, 0.05) is 18.0 Å². The van der Waals surface area contributed by atoms with Gasteiger partial charge in [0.25, 0.3) is 0 Å². The first-order valence-electron chi connectivity index (χ1n) is 4.68. The minimum absolute atomic E-state index is 0.105. The molecule has 0 fully saturated rings. The van der Waals surface area contributed by atoms with Crippen molar-refractivity contribution >= 4 is 14.7 Å². The Labute approximate surface area is 85.0 Å². The minimum atomic E-state index is -4.17. The molecular formula is C9H18F2O2Si. The summed E-state index contributed by atoms with van der Waals surface area (Å²) in [4.78, 5) is 10.4. The third-order valence-electron chi connectivity index (χ3n) is 2.04. The smallest absolute Gasteiger partial charge is 0.430 e. The lowest BCUT2D eigenvalue weighted by Gasteiger charge is -2.26. The number of carbonyl (C=O) groups excluding carboxylic acids is 1. The molecule has 84 valence electrons. The maximum absolute atomic E-state index is 13.5. The SMILES string of the molecule is CC(=O)OCCC[Si](F)(F)C(C)(C)C. The van der Waals surface area contributed by atoms with Crippen LogP contribution in [-0.2, 0) is 9.53 Å². The highest BCUT2D eigenvalue weighted by Gasteiger charge is 2.47. The molecule has 0 radical (unpaired) electrons. The third kappa shape index (κ3) is 4.69. The summed E-state index contributed by atoms with van der Waals surface area (Å²) < 4.78 is 31.5. The average Bonchev–Trinajstić information content (AvgIpc) is 1.95. The minimum Gasteiger partial charge on any atom is -0.466 e. The molecule has 5 heteroatoms. The summed E-state index contributed by atoms with van der Waals surface area (Å²) in [5, 5.41) is -0.900. The molecule has 0 heterocycles. The molecule has 0 aliphatic carbocycles. The number of hydrogen-bond acceptors (Lipinski definition) is 2. The van der Waals surface area contributed by atoms with Crippen LogP contribution in [0.5, 0.6) is 0 Å². The van der Waals surface area contributed by atoms with Crippen LogP contribution in [0.2, 0.25) is 11.1 Å². The molecule has 0 aromatic rings. The van der Waals surface area contributed by atoms with E-state index in [0.29, 0.717) is 0 Å². The van der Waals surface area contributed by atoms with Crippen LogP contribution in [0.3, 0.4) is 0 Å². The van der Waals surface area contributed by atoms with Crippen LogP contribution in [0.4, 0.5) is 8.22 Å². The topological polar surface area (TPSA) is 26.3 Å². The van der Waals surface area contributed by atoms with Gasteiger partial charge < -0.3 is 4.74 Å². The van der Waals surface area contributed by atoms with Crippen LogP contribution >= 0.6 is 0 Å². The first kappa shape index (κ1) is 13.5. The van der Waals surface area contributed by atoms with Gasteiger partial charge in [0.1, 0.15) is 0 Å². The van der Waals surface area contributed by atoms with E-state index in [1.54, 1.807) is 20.8 Å². The Balaban J connectivity index is 3.83. The lowest BCUT2D eigenvalue weighted by atomic mass is 10.2. The molecule has 0 aromatic carbocycles. The largest absolute Gasteiger partial charge is 0.466 e. The quantitative estimate of drug-likeness (QED) is 0.317. The van der Waals surface area contributed by atoms with E-state index in [4.69, 9.17) is 0 Å². The summed E-state index contributed by atoms with van der Waals surface area (Å²) >= 11 is 0. The van der Waals surface area contributed by atoms with E-state index in [9.17, 15) is 13.0 Å². The van der Waals surface area contributed by atoms with E-state index in [-0.39, 0.29) is 19.1 Å². The molecule has 0 atom stereocenters. The zero-order valence-corrected chi connectivity index (χ0v) is 10.2. The van der Waals surface area contributed by atoms with Gasteiger partial charge in [0.15, 0.2) is 0 Å². The van der Waals surface area contributed by atoms with Crippen molar-refractivity contribution in [3.63, 3.8) is 0 Å². The Hall–Kier alpha value is -0.453. The Kier molecular flexibility index (Phi) is 4.71. The van der Waals surface area contributed by atoms with E-state index >= 15 is 0 Å². The number of carbonyl (C=O) groups is 1. The highest BCUT2D eigenvalue weighted by molar-refractivity contribution is 6.69. The molecule has 0 rings (SSSR count). The highest BCUT2D eigenvalue weighted by atomic mass is 28.4. The van der Waals surface area contributed by atoms with Gasteiger partial charge in [-0.3, -0.25) is 13.0 Å². The maximum Gasteiger partial charge on any atom is 0.430 e. The van der Waals surface area contributed by atoms with E-state index in [1.165, 1.54) is 6.92 Å². The fraction of sp³-hybridized carbons (Fsp3) is 0.889. The van der Waals surface area contributed by atoms with Crippen molar-refractivity contribution < 1.29 is 17.7 Å². The molecule has 0 saturated heterocycles. The van der Waals surface area contributed by atoms with Gasteiger partial charge in [-0.1, -0.05) is 20.8 Å². The molecule has 0 bridgehead atoms. The second-order valence-corrected chi connectivity index (χ2v) is 7.81. The van der Waals surface area contributed by atoms with Crippen LogP contribution in [0.1, 0.15) is 34.1 Å². The number of hydrogen-bond donors (Lipinski definition) is 0. The van der Waals surface area contributed by atoms with E-state index in [1.807, 2.05) is 0 Å². The van der Waals surface area contributed by atoms with Crippen molar-refractivity contribution in [1.29, 1.82) is 0 Å². The summed E-state index contributed by atoms with van der Waals surface area (Å²) in [6.45, 7) is 6.06. The van der Waals surface area contributed by atoms with Crippen molar-refractivity contribution in [3.8, 4) is 0 Å². The number of rotatable bonds is 4. The normalized spacial score (nSPS) is 12.7. The van der Waals surface area contributed by atoms with Gasteiger partial charge in [-0.15, -0.1) is 0 Å². The molecule has 0 unspecified atom stereocenters. The number of esters is 1. The second kappa shape index (κ2) is 4.86. The summed E-state index contributed by atoms with van der Waals surface area (Å²) in [7, 11) is -4.17. The van der Waals surface area contributed by atoms with Crippen molar-refractivity contribution in [2.45, 2.75) is 45.2 Å². The summed E-state index contributed by atoms with van der Waals surface area (Å²) in [5.74, 6) is -0.411. The Morgan fingerprint density at radius 1 is 1.36 bits per heavy atom. The van der Waals surface area contributed by atoms with Crippen LogP contribution < -0.4 is 0 Å². The molecule has 0 aromatic heterocycles. The zero-order chi connectivity index (χ0) is 11.4. The molecule has 0 aliphatic heterocycles. The van der Waals surface area contributed by atoms with E-state index < -0.39 is 19.7 Å². The van der Waals surface area contributed by atoms with Gasteiger partial charge in [-0.05, 0) is 6.42 Å². The second-order valence-electron chi connectivity index (χ2n) is 4.40. The van der Waals surface area contributed by atoms with Crippen LogP contribution in [0, 0.1) is 0 Å². The number of halogens is 2. The summed E-state index contributed by atoms with van der Waals surface area (Å²) in [6, 6.07) is -0.107. The molecule has 0 N–H and O–H groups in total. The monoisotopic (exact) mass is 224 g/mol. The highest BCUT2D eigenvalue weighted by Crippen LogP contribution is 2.41. The molecule has 0 spiro atoms. The van der Waals surface area contributed by atoms with Crippen molar-refractivity contribution in [1.82, 2.24) is 0 Å². The van der Waals surface area contributed by atoms with E-state index in [2.05, 4.69) is 4.74 Å². The zero-order valence-electron chi connectivity index (χ0n) is 9.19. The van der Waals surface area contributed by atoms with Crippen LogP contribution in [0.15, 0.2) is 0 Å². The summed E-state index contributed by atoms with van der Waals surface area (Å²) in [5.41, 5.74) is 0. The Bertz CT molecular complexity index is 199. The van der Waals surface area contributed by atoms with Gasteiger partial charge in [0.05, 0.1) is 6.61 Å². The average molecular weight is 224 g/mol. The standard InChI is InChI=1S/C9H18F2O2Si/c1-8(12)13-6-5-7-14(10,11)9(2,3)4/h5-7H2,1-4H3. The molecule has 14 heavy (non-hydrogen) atoms. The van der Waals surface area contributed by atoms with Gasteiger partial charge in [0.2, 0.25) is 0 Å². The third-order valence-corrected chi connectivity index (χ3v) is 5.21. The predicted octanol–water partition coefficient (Wildman–Crippen LogP) is 3.12. The molecule has 2 nitrogen and oxygen atoms in total. The Morgan fingerprint density at radius 3 is 2.21 bits per heavy atom. The molecule has 0 aliphatic rings. The van der Waals surface area contributed by atoms with Crippen molar-refractivity contribution in [2.75, 3.05) is 6.61 Å². The van der Waals surface area contributed by atoms with Crippen molar-refractivity contribution in [2.24, 2.45) is 0 Å². The van der Waals surface area contributed by atoms with E-state index in [0.717, 1.165) is 0 Å². The molecular weight excluding hydrogens is 206 g/mol. The maximum atomic E-state index is 13.5. The summed E-state index contributed by atoms with van der Waals surface area (Å²) in [6.07, 6.45) is 0.260. The lowest BCUT2D eigenvalue weighted by molar-refractivity contribution is -0.140. The Morgan fingerprint density at radius 2 is 1.86 bits per heavy atom. The van der Waals surface area contributed by atoms with Crippen LogP contribution in [-0.4, -0.2) is 21.3 Å². The van der Waals surface area contributed by atoms with Gasteiger partial charge in [-0.25, -0.2) is 0 Å². The van der Waals surface area contributed by atoms with Gasteiger partial charge in [-0.2, -0.15) is 0 Å².